The Balaban J connectivity index is 1.25. The van der Waals surface area contributed by atoms with Gasteiger partial charge in [0.05, 0.1) is 24.7 Å². The van der Waals surface area contributed by atoms with E-state index in [1.807, 2.05) is 6.07 Å². The highest BCUT2D eigenvalue weighted by atomic mass is 32.2. The van der Waals surface area contributed by atoms with E-state index in [2.05, 4.69) is 25.3 Å². The SMILES string of the molecule is COc1ccc(-c2ccc(-c3cnn4c(N)c(S(C)(=O)=O)c(C5C[C@@H]6CC[C@@H](C5)N6C(=O)c5nc(N)n[nH]5)nc34)cn2)cc1F. The molecule has 232 valence electrons. The fourth-order valence-corrected chi connectivity index (χ4v) is 7.71. The monoisotopic (exact) mass is 632 g/mol. The van der Waals surface area contributed by atoms with Crippen LogP contribution in [0, 0.1) is 5.82 Å². The van der Waals surface area contributed by atoms with Gasteiger partial charge in [-0.05, 0) is 49.9 Å². The van der Waals surface area contributed by atoms with Crippen molar-refractivity contribution in [2.45, 2.75) is 48.6 Å². The van der Waals surface area contributed by atoms with E-state index in [-0.39, 0.29) is 52.1 Å². The van der Waals surface area contributed by atoms with Crippen molar-refractivity contribution >= 4 is 33.2 Å². The van der Waals surface area contributed by atoms with Crippen molar-refractivity contribution in [3.8, 4) is 28.1 Å². The number of fused-ring (bicyclic) bond motifs is 3. The Morgan fingerprint density at radius 2 is 1.80 bits per heavy atom. The number of rotatable bonds is 6. The predicted octanol–water partition coefficient (Wildman–Crippen LogP) is 2.84. The van der Waals surface area contributed by atoms with Crippen molar-refractivity contribution in [1.29, 1.82) is 0 Å². The highest BCUT2D eigenvalue weighted by Gasteiger charge is 2.46. The van der Waals surface area contributed by atoms with E-state index in [9.17, 15) is 17.6 Å². The number of amides is 1. The molecule has 2 fully saturated rings. The maximum Gasteiger partial charge on any atom is 0.291 e. The number of hydrogen-bond donors (Lipinski definition) is 3. The highest BCUT2D eigenvalue weighted by Crippen LogP contribution is 2.45. The summed E-state index contributed by atoms with van der Waals surface area (Å²) in [5, 5.41) is 10.7. The number of methoxy groups -OCH3 is 1. The fourth-order valence-electron chi connectivity index (χ4n) is 6.65. The van der Waals surface area contributed by atoms with Crippen LogP contribution in [0.2, 0.25) is 0 Å². The van der Waals surface area contributed by atoms with Gasteiger partial charge in [-0.25, -0.2) is 17.8 Å². The first-order valence-corrected chi connectivity index (χ1v) is 16.1. The summed E-state index contributed by atoms with van der Waals surface area (Å²) in [5.41, 5.74) is 15.2. The molecular formula is C29H29FN10O4S. The number of H-pyrrole nitrogens is 1. The van der Waals surface area contributed by atoms with Crippen molar-refractivity contribution in [1.82, 2.24) is 39.7 Å². The molecule has 7 rings (SSSR count). The van der Waals surface area contributed by atoms with Crippen LogP contribution in [0.15, 0.2) is 47.6 Å². The lowest BCUT2D eigenvalue weighted by Gasteiger charge is -2.38. The van der Waals surface area contributed by atoms with E-state index < -0.39 is 15.7 Å². The minimum Gasteiger partial charge on any atom is -0.494 e. The van der Waals surface area contributed by atoms with Gasteiger partial charge in [0, 0.05) is 47.1 Å². The van der Waals surface area contributed by atoms with Crippen molar-refractivity contribution in [2.75, 3.05) is 24.8 Å². The number of nitrogens with zero attached hydrogens (tertiary/aromatic N) is 7. The van der Waals surface area contributed by atoms with Gasteiger partial charge in [-0.3, -0.25) is 14.9 Å². The molecule has 1 aromatic carbocycles. The first-order valence-electron chi connectivity index (χ1n) is 14.2. The molecular weight excluding hydrogens is 603 g/mol. The van der Waals surface area contributed by atoms with Crippen molar-refractivity contribution < 1.29 is 22.3 Å². The number of hydrogen-bond acceptors (Lipinski definition) is 11. The molecule has 2 aliphatic heterocycles. The van der Waals surface area contributed by atoms with Crippen LogP contribution < -0.4 is 16.2 Å². The summed E-state index contributed by atoms with van der Waals surface area (Å²) in [5.74, 6) is -0.903. The Labute approximate surface area is 256 Å². The van der Waals surface area contributed by atoms with Crippen LogP contribution in [0.5, 0.6) is 5.75 Å². The Bertz CT molecular complexity index is 2060. The zero-order valence-corrected chi connectivity index (χ0v) is 25.1. The largest absolute Gasteiger partial charge is 0.494 e. The lowest BCUT2D eigenvalue weighted by atomic mass is 9.87. The Kier molecular flexibility index (Phi) is 6.68. The number of ether oxygens (including phenoxy) is 1. The van der Waals surface area contributed by atoms with Gasteiger partial charge in [0.2, 0.25) is 11.8 Å². The van der Waals surface area contributed by atoms with E-state index in [1.165, 1.54) is 23.8 Å². The molecule has 1 amide bonds. The number of halogens is 1. The van der Waals surface area contributed by atoms with E-state index in [0.717, 1.165) is 19.1 Å². The second kappa shape index (κ2) is 10.5. The molecule has 6 heterocycles. The van der Waals surface area contributed by atoms with E-state index in [0.29, 0.717) is 46.6 Å². The van der Waals surface area contributed by atoms with Crippen LogP contribution in [0.4, 0.5) is 16.2 Å². The molecule has 2 atom stereocenters. The molecule has 16 heteroatoms. The quantitative estimate of drug-likeness (QED) is 0.249. The number of carbonyl (C=O) groups is 1. The van der Waals surface area contributed by atoms with Crippen LogP contribution in [-0.4, -0.2) is 79.4 Å². The number of piperidine rings is 1. The molecule has 0 aliphatic carbocycles. The number of pyridine rings is 1. The summed E-state index contributed by atoms with van der Waals surface area (Å²) < 4.78 is 46.8. The van der Waals surface area contributed by atoms with Gasteiger partial charge >= 0.3 is 0 Å². The second-order valence-electron chi connectivity index (χ2n) is 11.4. The Morgan fingerprint density at radius 1 is 1.07 bits per heavy atom. The summed E-state index contributed by atoms with van der Waals surface area (Å²) in [6.45, 7) is 0. The standard InChI is InChI=1S/C29H29FN10O4S/c1-44-22-8-4-14(11-20(22)30)21-7-3-15(12-33-21)19-13-34-40-25(31)24(45(2,42)43)23(35-27(19)40)16-9-17-5-6-18(10-16)39(17)28(41)26-36-29(32)38-37-26/h3-4,7-8,11-13,16-18H,5-6,9-10,31H2,1-2H3,(H3,32,36,37,38)/t17-,18-/m0/s1. The fraction of sp³-hybridized carbons (Fsp3) is 0.310. The number of aromatic amines is 1. The first-order chi connectivity index (χ1) is 21.5. The summed E-state index contributed by atoms with van der Waals surface area (Å²) in [4.78, 5) is 28.4. The van der Waals surface area contributed by atoms with Crippen LogP contribution in [0.1, 0.15) is 47.9 Å². The summed E-state index contributed by atoms with van der Waals surface area (Å²) in [6.07, 6.45) is 6.80. The van der Waals surface area contributed by atoms with Gasteiger partial charge in [0.1, 0.15) is 10.7 Å². The summed E-state index contributed by atoms with van der Waals surface area (Å²) in [6, 6.07) is 7.87. The van der Waals surface area contributed by atoms with Crippen molar-refractivity contribution in [3.63, 3.8) is 0 Å². The molecule has 0 unspecified atom stereocenters. The molecule has 4 aromatic heterocycles. The number of nitrogen functional groups attached to an aromatic ring is 2. The minimum atomic E-state index is -3.81. The topological polar surface area (TPSA) is 200 Å². The lowest BCUT2D eigenvalue weighted by Crippen LogP contribution is -2.46. The normalized spacial score (nSPS) is 19.7. The van der Waals surface area contributed by atoms with E-state index >= 15 is 0 Å². The van der Waals surface area contributed by atoms with Gasteiger partial charge < -0.3 is 21.1 Å². The predicted molar refractivity (Wildman–Crippen MR) is 161 cm³/mol. The molecule has 2 bridgehead atoms. The number of anilines is 2. The molecule has 0 radical (unpaired) electrons. The van der Waals surface area contributed by atoms with Gasteiger partial charge in [-0.15, -0.1) is 5.10 Å². The van der Waals surface area contributed by atoms with Gasteiger partial charge in [-0.2, -0.15) is 14.6 Å². The van der Waals surface area contributed by atoms with Crippen molar-refractivity contribution in [3.05, 3.63) is 60.1 Å². The third kappa shape index (κ3) is 4.81. The summed E-state index contributed by atoms with van der Waals surface area (Å²) in [7, 11) is -2.41. The van der Waals surface area contributed by atoms with Gasteiger partial charge in [-0.1, -0.05) is 6.07 Å². The maximum absolute atomic E-state index is 14.3. The summed E-state index contributed by atoms with van der Waals surface area (Å²) >= 11 is 0. The Hall–Kier alpha value is -5.12. The number of sulfone groups is 1. The lowest BCUT2D eigenvalue weighted by molar-refractivity contribution is 0.0556. The number of carbonyl (C=O) groups excluding carboxylic acids is 1. The van der Waals surface area contributed by atoms with Crippen LogP contribution in [0.3, 0.4) is 0 Å². The number of benzene rings is 1. The van der Waals surface area contributed by atoms with Crippen LogP contribution in [-0.2, 0) is 9.84 Å². The average Bonchev–Trinajstić information content (AvgIpc) is 3.71. The number of aromatic nitrogens is 7. The van der Waals surface area contributed by atoms with Crippen LogP contribution in [0.25, 0.3) is 28.0 Å². The molecule has 5 aromatic rings. The van der Waals surface area contributed by atoms with E-state index in [4.69, 9.17) is 21.2 Å². The molecule has 14 nitrogen and oxygen atoms in total. The highest BCUT2D eigenvalue weighted by molar-refractivity contribution is 7.91. The Morgan fingerprint density at radius 3 is 2.40 bits per heavy atom. The first kappa shape index (κ1) is 28.6. The second-order valence-corrected chi connectivity index (χ2v) is 13.3. The van der Waals surface area contributed by atoms with Crippen LogP contribution >= 0.6 is 0 Å². The zero-order valence-electron chi connectivity index (χ0n) is 24.3. The average molecular weight is 633 g/mol. The third-order valence-electron chi connectivity index (χ3n) is 8.62. The van der Waals surface area contributed by atoms with E-state index in [1.54, 1.807) is 29.4 Å². The van der Waals surface area contributed by atoms with Gasteiger partial charge in [0.25, 0.3) is 5.91 Å². The molecule has 45 heavy (non-hydrogen) atoms. The number of nitrogens with two attached hydrogens (primary N) is 2. The minimum absolute atomic E-state index is 0.0116. The molecule has 2 aliphatic rings. The number of nitrogens with one attached hydrogen (secondary N) is 1. The smallest absolute Gasteiger partial charge is 0.291 e. The molecule has 2 saturated heterocycles. The zero-order chi connectivity index (χ0) is 31.6. The third-order valence-corrected chi connectivity index (χ3v) is 9.78. The molecule has 0 spiro atoms. The van der Waals surface area contributed by atoms with Gasteiger partial charge in [0.15, 0.2) is 27.1 Å². The molecule has 5 N–H and O–H groups in total. The maximum atomic E-state index is 14.3. The van der Waals surface area contributed by atoms with Crippen molar-refractivity contribution in [2.24, 2.45) is 0 Å². The molecule has 0 saturated carbocycles.